The standard InChI is InChI=1S/2C7H14.4C7H12.C5H10/c6*1-5-4-6(2)7(5)3;1-3-5-4-2/h2*5-7H,4H2,1-3H3;4*5H,4H2,1-3H3;3,5H,4H2,1-2H3. The van der Waals surface area contributed by atoms with Gasteiger partial charge < -0.3 is 0 Å². The maximum atomic E-state index is 2.35. The number of hydrogen-bond donors (Lipinski definition) is 0. The van der Waals surface area contributed by atoms with E-state index in [0.29, 0.717) is 0 Å². The first-order valence-electron chi connectivity index (χ1n) is 20.0. The van der Waals surface area contributed by atoms with E-state index in [9.17, 15) is 0 Å². The van der Waals surface area contributed by atoms with Gasteiger partial charge in [0, 0.05) is 0 Å². The van der Waals surface area contributed by atoms with E-state index in [1.54, 1.807) is 44.6 Å². The Bertz CT molecular complexity index is 913. The smallest absolute Gasteiger partial charge is 0.0195 e. The molecule has 0 heterocycles. The fraction of sp³-hybridized carbons (Fsp3) is 0.787. The second-order valence-corrected chi connectivity index (χ2v) is 17.4. The van der Waals surface area contributed by atoms with Crippen molar-refractivity contribution < 1.29 is 0 Å². The Balaban J connectivity index is 0.000000527. The Kier molecular flexibility index (Phi) is 21.8. The van der Waals surface area contributed by atoms with Gasteiger partial charge in [0.15, 0.2) is 0 Å². The molecule has 0 bridgehead atoms. The monoisotopic (exact) mass is 651 g/mol. The molecule has 8 unspecified atom stereocenters. The van der Waals surface area contributed by atoms with Crippen LogP contribution in [0.2, 0.25) is 0 Å². The first-order chi connectivity index (χ1) is 21.7. The molecule has 0 N–H and O–H groups in total. The quantitative estimate of drug-likeness (QED) is 0.248. The zero-order valence-corrected chi connectivity index (χ0v) is 35.9. The third-order valence-corrected chi connectivity index (χ3v) is 13.6. The number of rotatable bonds is 1. The van der Waals surface area contributed by atoms with Crippen LogP contribution in [-0.2, 0) is 0 Å². The van der Waals surface area contributed by atoms with Crippen molar-refractivity contribution in [2.45, 2.75) is 183 Å². The summed E-state index contributed by atoms with van der Waals surface area (Å²) in [6, 6.07) is 0. The van der Waals surface area contributed by atoms with Crippen LogP contribution in [0.4, 0.5) is 0 Å². The highest BCUT2D eigenvalue weighted by atomic mass is 14.4. The molecular formula is C47H86. The first-order valence-corrected chi connectivity index (χ1v) is 20.0. The summed E-state index contributed by atoms with van der Waals surface area (Å²) < 4.78 is 0. The molecule has 2 saturated carbocycles. The fourth-order valence-corrected chi connectivity index (χ4v) is 7.25. The van der Waals surface area contributed by atoms with Crippen LogP contribution < -0.4 is 0 Å². The van der Waals surface area contributed by atoms with Gasteiger partial charge in [-0.05, 0) is 166 Å². The number of hydrogen-bond acceptors (Lipinski definition) is 0. The van der Waals surface area contributed by atoms with Crippen LogP contribution >= 0.6 is 0 Å². The van der Waals surface area contributed by atoms with E-state index in [1.165, 1.54) is 38.5 Å². The highest BCUT2D eigenvalue weighted by molar-refractivity contribution is 5.25. The van der Waals surface area contributed by atoms with Gasteiger partial charge in [0.25, 0.3) is 0 Å². The minimum atomic E-state index is 0.889. The van der Waals surface area contributed by atoms with E-state index in [1.807, 2.05) is 6.92 Å². The SMILES string of the molecule is CC1=C(C)C(C)C1.CC1=C(C)C(C)C1.CC1=C(C)C(C)C1.CC1=C(C)C(C)C1.CC1CC(C)C1C.CC1CC(C)C1C.CC=CCC. The lowest BCUT2D eigenvalue weighted by Gasteiger charge is -2.38. The Morgan fingerprint density at radius 2 is 0.638 bits per heavy atom. The summed E-state index contributed by atoms with van der Waals surface area (Å²) in [5.41, 5.74) is 12.9. The largest absolute Gasteiger partial charge is 0.0917 e. The molecule has 0 heteroatoms. The van der Waals surface area contributed by atoms with Gasteiger partial charge in [-0.2, -0.15) is 0 Å². The molecule has 2 fully saturated rings. The third-order valence-electron chi connectivity index (χ3n) is 13.6. The normalized spacial score (nSPS) is 34.4. The van der Waals surface area contributed by atoms with Crippen molar-refractivity contribution >= 4 is 0 Å². The average Bonchev–Trinajstić information content (AvgIpc) is 3.06. The zero-order valence-electron chi connectivity index (χ0n) is 35.9. The van der Waals surface area contributed by atoms with Crippen LogP contribution in [0.25, 0.3) is 0 Å². The maximum Gasteiger partial charge on any atom is -0.0195 e. The minimum Gasteiger partial charge on any atom is -0.0917 e. The summed E-state index contributed by atoms with van der Waals surface area (Å²) >= 11 is 0. The van der Waals surface area contributed by atoms with Gasteiger partial charge in [-0.15, -0.1) is 0 Å². The van der Waals surface area contributed by atoms with Crippen LogP contribution in [0.3, 0.4) is 0 Å². The second kappa shape index (κ2) is 22.4. The highest BCUT2D eigenvalue weighted by Crippen LogP contribution is 2.39. The molecule has 6 aliphatic rings. The van der Waals surface area contributed by atoms with Crippen molar-refractivity contribution in [3.63, 3.8) is 0 Å². The van der Waals surface area contributed by atoms with Gasteiger partial charge in [0.2, 0.25) is 0 Å². The van der Waals surface area contributed by atoms with Crippen molar-refractivity contribution in [3.8, 4) is 0 Å². The number of allylic oxidation sites excluding steroid dienone is 10. The van der Waals surface area contributed by atoms with E-state index in [-0.39, 0.29) is 0 Å². The van der Waals surface area contributed by atoms with Crippen molar-refractivity contribution in [2.24, 2.45) is 59.2 Å². The van der Waals surface area contributed by atoms with Gasteiger partial charge >= 0.3 is 0 Å². The van der Waals surface area contributed by atoms with Crippen LogP contribution in [0.15, 0.2) is 56.7 Å². The molecule has 0 saturated heterocycles. The molecule has 0 aromatic heterocycles. The maximum absolute atomic E-state index is 2.35. The molecule has 0 amide bonds. The summed E-state index contributed by atoms with van der Waals surface area (Å²) in [6.07, 6.45) is 13.6. The molecule has 6 aliphatic carbocycles. The molecular weight excluding hydrogens is 565 g/mol. The van der Waals surface area contributed by atoms with Crippen molar-refractivity contribution in [2.75, 3.05) is 0 Å². The third kappa shape index (κ3) is 15.4. The van der Waals surface area contributed by atoms with E-state index < -0.39 is 0 Å². The van der Waals surface area contributed by atoms with Gasteiger partial charge in [-0.1, -0.05) is 133 Å². The molecule has 0 spiro atoms. The van der Waals surface area contributed by atoms with E-state index in [4.69, 9.17) is 0 Å². The summed E-state index contributed by atoms with van der Waals surface area (Å²) in [4.78, 5) is 0. The molecule has 47 heavy (non-hydrogen) atoms. The van der Waals surface area contributed by atoms with Crippen LogP contribution in [0, 0.1) is 59.2 Å². The Morgan fingerprint density at radius 3 is 0.638 bits per heavy atom. The topological polar surface area (TPSA) is 0 Å². The van der Waals surface area contributed by atoms with Crippen molar-refractivity contribution in [1.29, 1.82) is 0 Å². The van der Waals surface area contributed by atoms with Gasteiger partial charge in [-0.25, -0.2) is 0 Å². The van der Waals surface area contributed by atoms with Gasteiger partial charge in [0.1, 0.15) is 0 Å². The molecule has 6 rings (SSSR count). The summed E-state index contributed by atoms with van der Waals surface area (Å²) in [5, 5.41) is 0. The lowest BCUT2D eigenvalue weighted by molar-refractivity contribution is 0.120. The van der Waals surface area contributed by atoms with E-state index in [0.717, 1.165) is 65.6 Å². The molecule has 0 aliphatic heterocycles. The second-order valence-electron chi connectivity index (χ2n) is 17.4. The summed E-state index contributed by atoms with van der Waals surface area (Å²) in [6.45, 7) is 45.1. The summed E-state index contributed by atoms with van der Waals surface area (Å²) in [7, 11) is 0. The molecule has 0 aromatic rings. The zero-order chi connectivity index (χ0) is 36.8. The molecule has 0 nitrogen and oxygen atoms in total. The minimum absolute atomic E-state index is 0.889. The highest BCUT2D eigenvalue weighted by Gasteiger charge is 2.30. The van der Waals surface area contributed by atoms with Crippen LogP contribution in [-0.4, -0.2) is 0 Å². The Morgan fingerprint density at radius 1 is 0.426 bits per heavy atom. The fourth-order valence-electron chi connectivity index (χ4n) is 7.25. The lowest BCUT2D eigenvalue weighted by Crippen LogP contribution is -2.29. The predicted octanol–water partition coefficient (Wildman–Crippen LogP) is 16.0. The van der Waals surface area contributed by atoms with Crippen molar-refractivity contribution in [1.82, 2.24) is 0 Å². The summed E-state index contributed by atoms with van der Waals surface area (Å²) in [5.74, 6) is 9.59. The average molecular weight is 651 g/mol. The molecule has 0 radical (unpaired) electrons. The lowest BCUT2D eigenvalue weighted by atomic mass is 9.68. The van der Waals surface area contributed by atoms with Gasteiger partial charge in [0.05, 0.1) is 0 Å². The molecule has 0 aromatic carbocycles. The molecule has 8 atom stereocenters. The molecule has 274 valence electrons. The van der Waals surface area contributed by atoms with E-state index in [2.05, 4.69) is 144 Å². The Labute approximate surface area is 298 Å². The predicted molar refractivity (Wildman–Crippen MR) is 218 cm³/mol. The van der Waals surface area contributed by atoms with Crippen molar-refractivity contribution in [3.05, 3.63) is 56.7 Å². The van der Waals surface area contributed by atoms with E-state index >= 15 is 0 Å². The Hall–Kier alpha value is -1.30. The van der Waals surface area contributed by atoms with Crippen LogP contribution in [0.5, 0.6) is 0 Å². The van der Waals surface area contributed by atoms with Crippen LogP contribution in [0.1, 0.15) is 183 Å². The first kappa shape index (κ1) is 45.7. The van der Waals surface area contributed by atoms with Gasteiger partial charge in [-0.3, -0.25) is 0 Å².